The summed E-state index contributed by atoms with van der Waals surface area (Å²) in [4.78, 5) is 13.2. The van der Waals surface area contributed by atoms with E-state index in [1.807, 2.05) is 43.3 Å². The summed E-state index contributed by atoms with van der Waals surface area (Å²) in [6.07, 6.45) is 0. The van der Waals surface area contributed by atoms with Crippen molar-refractivity contribution >= 4 is 29.0 Å². The molecule has 1 amide bonds. The van der Waals surface area contributed by atoms with Gasteiger partial charge in [0.25, 0.3) is 5.91 Å². The molecule has 3 aromatic rings. The molecule has 5 nitrogen and oxygen atoms in total. The summed E-state index contributed by atoms with van der Waals surface area (Å²) >= 11 is 2.88. The number of nitrogens with one attached hydrogen (secondary N) is 1. The number of carbonyl (C=O) groups excluding carboxylic acids is 1. The summed E-state index contributed by atoms with van der Waals surface area (Å²) < 4.78 is 0. The lowest BCUT2D eigenvalue weighted by atomic mass is 10.1. The highest BCUT2D eigenvalue weighted by Crippen LogP contribution is 2.25. The van der Waals surface area contributed by atoms with Crippen LogP contribution in [0.5, 0.6) is 5.75 Å². The number of phenolic OH excluding ortho intramolecular Hbond substituents is 1. The fourth-order valence-electron chi connectivity index (χ4n) is 2.06. The first-order valence-corrected chi connectivity index (χ1v) is 9.48. The summed E-state index contributed by atoms with van der Waals surface area (Å²) in [6.45, 7) is 2.50. The molecular formula is C18H17N3O2S2. The molecule has 0 spiro atoms. The summed E-state index contributed by atoms with van der Waals surface area (Å²) in [5, 5.41) is 21.3. The van der Waals surface area contributed by atoms with Crippen molar-refractivity contribution in [3.05, 3.63) is 69.7 Å². The van der Waals surface area contributed by atoms with Gasteiger partial charge in [0.2, 0.25) is 5.01 Å². The molecule has 3 rings (SSSR count). The third kappa shape index (κ3) is 5.04. The van der Waals surface area contributed by atoms with E-state index in [0.717, 1.165) is 15.5 Å². The van der Waals surface area contributed by atoms with Crippen molar-refractivity contribution in [1.29, 1.82) is 0 Å². The Hall–Kier alpha value is -2.38. The molecule has 2 aromatic carbocycles. The number of hydrogen-bond acceptors (Lipinski definition) is 6. The number of thioether (sulfide) groups is 1. The molecule has 0 unspecified atom stereocenters. The standard InChI is InChI=1S/C18H17N3O2S2/c1-12-2-4-13(5-3-12)10-19-17(23)18-21-20-16(25-18)11-24-15-8-6-14(22)7-9-15/h2-9,22H,10-11H2,1H3,(H,19,23). The first-order valence-electron chi connectivity index (χ1n) is 7.68. The molecule has 2 N–H and O–H groups in total. The summed E-state index contributed by atoms with van der Waals surface area (Å²) in [6, 6.07) is 15.0. The second-order valence-corrected chi connectivity index (χ2v) is 7.56. The number of phenols is 1. The summed E-state index contributed by atoms with van der Waals surface area (Å²) in [5.74, 6) is 0.667. The number of aromatic hydroxyl groups is 1. The largest absolute Gasteiger partial charge is 0.508 e. The van der Waals surface area contributed by atoms with Crippen LogP contribution in [0.4, 0.5) is 0 Å². The molecule has 0 saturated heterocycles. The molecule has 25 heavy (non-hydrogen) atoms. The fraction of sp³-hybridized carbons (Fsp3) is 0.167. The first-order chi connectivity index (χ1) is 12.1. The van der Waals surface area contributed by atoms with E-state index in [1.165, 1.54) is 16.9 Å². The number of benzene rings is 2. The van der Waals surface area contributed by atoms with Gasteiger partial charge in [0, 0.05) is 11.4 Å². The average molecular weight is 371 g/mol. The second-order valence-electron chi connectivity index (χ2n) is 5.45. The van der Waals surface area contributed by atoms with Crippen molar-refractivity contribution in [2.24, 2.45) is 0 Å². The van der Waals surface area contributed by atoms with E-state index < -0.39 is 0 Å². The molecule has 0 aliphatic heterocycles. The van der Waals surface area contributed by atoms with Gasteiger partial charge >= 0.3 is 0 Å². The van der Waals surface area contributed by atoms with E-state index >= 15 is 0 Å². The molecule has 0 radical (unpaired) electrons. The number of amides is 1. The zero-order chi connectivity index (χ0) is 17.6. The van der Waals surface area contributed by atoms with Crippen LogP contribution < -0.4 is 5.32 Å². The normalized spacial score (nSPS) is 10.6. The molecule has 0 aliphatic rings. The Bertz CT molecular complexity index is 846. The fourth-order valence-corrected chi connectivity index (χ4v) is 3.70. The third-order valence-corrected chi connectivity index (χ3v) is 5.56. The van der Waals surface area contributed by atoms with Crippen LogP contribution in [-0.2, 0) is 12.3 Å². The number of rotatable bonds is 6. The van der Waals surface area contributed by atoms with Gasteiger partial charge in [-0.05, 0) is 36.8 Å². The van der Waals surface area contributed by atoms with Crippen LogP contribution in [-0.4, -0.2) is 21.2 Å². The molecule has 1 aromatic heterocycles. The maximum absolute atomic E-state index is 12.2. The average Bonchev–Trinajstić information content (AvgIpc) is 3.10. The van der Waals surface area contributed by atoms with Gasteiger partial charge in [-0.1, -0.05) is 41.2 Å². The van der Waals surface area contributed by atoms with Crippen molar-refractivity contribution in [2.45, 2.75) is 24.1 Å². The molecule has 0 atom stereocenters. The Morgan fingerprint density at radius 1 is 1.12 bits per heavy atom. The van der Waals surface area contributed by atoms with Gasteiger partial charge in [0.05, 0.1) is 5.75 Å². The maximum atomic E-state index is 12.2. The van der Waals surface area contributed by atoms with Crippen LogP contribution in [0.15, 0.2) is 53.4 Å². The van der Waals surface area contributed by atoms with Gasteiger partial charge in [0.15, 0.2) is 0 Å². The van der Waals surface area contributed by atoms with Crippen LogP contribution in [0.2, 0.25) is 0 Å². The molecule has 1 heterocycles. The Morgan fingerprint density at radius 3 is 2.56 bits per heavy atom. The minimum absolute atomic E-state index is 0.209. The highest BCUT2D eigenvalue weighted by Gasteiger charge is 2.12. The Balaban J connectivity index is 1.52. The van der Waals surface area contributed by atoms with Gasteiger partial charge in [0.1, 0.15) is 10.8 Å². The van der Waals surface area contributed by atoms with Gasteiger partial charge in [-0.25, -0.2) is 0 Å². The molecule has 0 saturated carbocycles. The Morgan fingerprint density at radius 2 is 1.84 bits per heavy atom. The van der Waals surface area contributed by atoms with E-state index in [2.05, 4.69) is 15.5 Å². The SMILES string of the molecule is Cc1ccc(CNC(=O)c2nnc(CSc3ccc(O)cc3)s2)cc1. The number of aromatic nitrogens is 2. The molecular weight excluding hydrogens is 354 g/mol. The van der Waals surface area contributed by atoms with E-state index in [1.54, 1.807) is 23.9 Å². The van der Waals surface area contributed by atoms with Gasteiger partial charge < -0.3 is 10.4 Å². The zero-order valence-electron chi connectivity index (χ0n) is 13.6. The third-order valence-electron chi connectivity index (χ3n) is 3.43. The van der Waals surface area contributed by atoms with Crippen LogP contribution in [0.3, 0.4) is 0 Å². The highest BCUT2D eigenvalue weighted by atomic mass is 32.2. The van der Waals surface area contributed by atoms with Crippen molar-refractivity contribution in [2.75, 3.05) is 0 Å². The van der Waals surface area contributed by atoms with Gasteiger partial charge in [-0.3, -0.25) is 4.79 Å². The number of aryl methyl sites for hydroxylation is 1. The molecule has 0 fully saturated rings. The predicted molar refractivity (Wildman–Crippen MR) is 99.9 cm³/mol. The Labute approximate surface area is 154 Å². The van der Waals surface area contributed by atoms with Crippen molar-refractivity contribution < 1.29 is 9.90 Å². The molecule has 0 bridgehead atoms. The van der Waals surface area contributed by atoms with Gasteiger partial charge in [-0.15, -0.1) is 22.0 Å². The van der Waals surface area contributed by atoms with Crippen LogP contribution in [0.1, 0.15) is 25.9 Å². The summed E-state index contributed by atoms with van der Waals surface area (Å²) in [5.41, 5.74) is 2.24. The lowest BCUT2D eigenvalue weighted by Crippen LogP contribution is -2.22. The van der Waals surface area contributed by atoms with E-state index in [0.29, 0.717) is 17.3 Å². The smallest absolute Gasteiger partial charge is 0.282 e. The van der Waals surface area contributed by atoms with E-state index in [-0.39, 0.29) is 11.7 Å². The monoisotopic (exact) mass is 371 g/mol. The van der Waals surface area contributed by atoms with Crippen molar-refractivity contribution in [3.63, 3.8) is 0 Å². The molecule has 7 heteroatoms. The quantitative estimate of drug-likeness (QED) is 0.645. The van der Waals surface area contributed by atoms with Crippen molar-refractivity contribution in [1.82, 2.24) is 15.5 Å². The van der Waals surface area contributed by atoms with Crippen LogP contribution in [0, 0.1) is 6.92 Å². The molecule has 0 aliphatic carbocycles. The highest BCUT2D eigenvalue weighted by molar-refractivity contribution is 7.98. The number of carbonyl (C=O) groups is 1. The topological polar surface area (TPSA) is 75.1 Å². The minimum Gasteiger partial charge on any atom is -0.508 e. The van der Waals surface area contributed by atoms with Crippen LogP contribution >= 0.6 is 23.1 Å². The molecule has 128 valence electrons. The van der Waals surface area contributed by atoms with E-state index in [4.69, 9.17) is 0 Å². The van der Waals surface area contributed by atoms with Crippen molar-refractivity contribution in [3.8, 4) is 5.75 Å². The lowest BCUT2D eigenvalue weighted by Gasteiger charge is -2.03. The first kappa shape index (κ1) is 17.4. The zero-order valence-corrected chi connectivity index (χ0v) is 15.2. The number of hydrogen-bond donors (Lipinski definition) is 2. The van der Waals surface area contributed by atoms with Gasteiger partial charge in [-0.2, -0.15) is 0 Å². The van der Waals surface area contributed by atoms with Crippen LogP contribution in [0.25, 0.3) is 0 Å². The lowest BCUT2D eigenvalue weighted by molar-refractivity contribution is 0.0950. The predicted octanol–water partition coefficient (Wildman–Crippen LogP) is 3.77. The van der Waals surface area contributed by atoms with E-state index in [9.17, 15) is 9.90 Å². The summed E-state index contributed by atoms with van der Waals surface area (Å²) in [7, 11) is 0. The Kier molecular flexibility index (Phi) is 5.67. The maximum Gasteiger partial charge on any atom is 0.282 e. The minimum atomic E-state index is -0.209. The number of nitrogens with zero attached hydrogens (tertiary/aromatic N) is 2. The second kappa shape index (κ2) is 8.13.